The average Bonchev–Trinajstić information content (AvgIpc) is 3.21. The van der Waals surface area contributed by atoms with E-state index in [0.29, 0.717) is 0 Å². The van der Waals surface area contributed by atoms with Crippen molar-refractivity contribution in [1.82, 2.24) is 25.1 Å². The molecule has 0 unspecified atom stereocenters. The maximum atomic E-state index is 11.6. The summed E-state index contributed by atoms with van der Waals surface area (Å²) in [5.41, 5.74) is 6.74. The van der Waals surface area contributed by atoms with Crippen LogP contribution in [-0.2, 0) is 24.1 Å². The first-order chi connectivity index (χ1) is 15.2. The van der Waals surface area contributed by atoms with Gasteiger partial charge in [0.05, 0.1) is 29.9 Å². The lowest BCUT2D eigenvalue weighted by Gasteiger charge is -2.16. The first-order valence-electron chi connectivity index (χ1n) is 10.4. The van der Waals surface area contributed by atoms with Crippen LogP contribution in [0, 0.1) is 0 Å². The van der Waals surface area contributed by atoms with E-state index < -0.39 is 5.97 Å². The van der Waals surface area contributed by atoms with Gasteiger partial charge in [0.25, 0.3) is 0 Å². The number of aromatic nitrogens is 4. The Morgan fingerprint density at radius 1 is 1.19 bits per heavy atom. The van der Waals surface area contributed by atoms with E-state index in [4.69, 9.17) is 9.84 Å². The van der Waals surface area contributed by atoms with Gasteiger partial charge in [-0.15, -0.1) is 0 Å². The fourth-order valence-corrected chi connectivity index (χ4v) is 4.18. The molecule has 5 rings (SSSR count). The molecular weight excluding hydrogens is 390 g/mol. The van der Waals surface area contributed by atoms with Crippen LogP contribution in [0.3, 0.4) is 0 Å². The molecule has 1 N–H and O–H groups in total. The fraction of sp³-hybridized carbons (Fsp3) is 0.250. The zero-order chi connectivity index (χ0) is 21.4. The molecule has 0 fully saturated rings. The SMILES string of the molecule is CCc1nn(-c2cccc3cc(-c4ccc(C(=O)OC)nc4)ncc23)c2c1CCNC2. The molecule has 4 heterocycles. The highest BCUT2D eigenvalue weighted by Crippen LogP contribution is 2.29. The number of rotatable bonds is 4. The van der Waals surface area contributed by atoms with E-state index in [1.165, 1.54) is 24.1 Å². The van der Waals surface area contributed by atoms with Gasteiger partial charge in [-0.25, -0.2) is 14.5 Å². The second-order valence-corrected chi connectivity index (χ2v) is 7.56. The zero-order valence-electron chi connectivity index (χ0n) is 17.6. The minimum absolute atomic E-state index is 0.276. The molecule has 4 aromatic rings. The van der Waals surface area contributed by atoms with Gasteiger partial charge in [0, 0.05) is 29.9 Å². The Morgan fingerprint density at radius 2 is 2.10 bits per heavy atom. The van der Waals surface area contributed by atoms with E-state index in [0.717, 1.165) is 53.6 Å². The molecule has 1 aliphatic rings. The van der Waals surface area contributed by atoms with E-state index in [1.54, 1.807) is 12.3 Å². The lowest BCUT2D eigenvalue weighted by molar-refractivity contribution is 0.0594. The zero-order valence-corrected chi connectivity index (χ0v) is 17.6. The Labute approximate surface area is 180 Å². The highest BCUT2D eigenvalue weighted by molar-refractivity contribution is 5.92. The van der Waals surface area contributed by atoms with E-state index in [2.05, 4.69) is 45.1 Å². The Bertz CT molecular complexity index is 1280. The predicted octanol–water partition coefficient (Wildman–Crippen LogP) is 3.48. The Hall–Kier alpha value is -3.58. The molecule has 1 aliphatic heterocycles. The molecule has 0 saturated carbocycles. The number of pyridine rings is 2. The summed E-state index contributed by atoms with van der Waals surface area (Å²) in [4.78, 5) is 20.5. The van der Waals surface area contributed by atoms with E-state index >= 15 is 0 Å². The van der Waals surface area contributed by atoms with Gasteiger partial charge < -0.3 is 10.1 Å². The molecule has 0 bridgehead atoms. The van der Waals surface area contributed by atoms with Crippen LogP contribution in [0.2, 0.25) is 0 Å². The van der Waals surface area contributed by atoms with Crippen molar-refractivity contribution in [1.29, 1.82) is 0 Å². The van der Waals surface area contributed by atoms with Crippen LogP contribution in [0.4, 0.5) is 0 Å². The van der Waals surface area contributed by atoms with Crippen LogP contribution in [-0.4, -0.2) is 39.4 Å². The van der Waals surface area contributed by atoms with Crippen LogP contribution >= 0.6 is 0 Å². The van der Waals surface area contributed by atoms with Crippen molar-refractivity contribution < 1.29 is 9.53 Å². The minimum Gasteiger partial charge on any atom is -0.464 e. The minimum atomic E-state index is -0.453. The molecule has 0 saturated heterocycles. The molecule has 3 aromatic heterocycles. The van der Waals surface area contributed by atoms with Crippen LogP contribution in [0.25, 0.3) is 27.7 Å². The van der Waals surface area contributed by atoms with Crippen molar-refractivity contribution >= 4 is 16.7 Å². The Morgan fingerprint density at radius 3 is 2.87 bits per heavy atom. The smallest absolute Gasteiger partial charge is 0.356 e. The van der Waals surface area contributed by atoms with Crippen molar-refractivity contribution in [3.63, 3.8) is 0 Å². The number of carbonyl (C=O) groups is 1. The quantitative estimate of drug-likeness (QED) is 0.516. The lowest BCUT2D eigenvalue weighted by atomic mass is 10.0. The number of methoxy groups -OCH3 is 1. The second-order valence-electron chi connectivity index (χ2n) is 7.56. The van der Waals surface area contributed by atoms with Crippen LogP contribution in [0.1, 0.15) is 34.4 Å². The molecule has 0 atom stereocenters. The maximum Gasteiger partial charge on any atom is 0.356 e. The number of nitrogens with one attached hydrogen (secondary N) is 1. The van der Waals surface area contributed by atoms with Crippen molar-refractivity contribution in [3.8, 4) is 16.9 Å². The first-order valence-corrected chi connectivity index (χ1v) is 10.4. The van der Waals surface area contributed by atoms with E-state index in [1.807, 2.05) is 18.3 Å². The molecule has 0 radical (unpaired) electrons. The number of hydrogen-bond donors (Lipinski definition) is 1. The summed E-state index contributed by atoms with van der Waals surface area (Å²) < 4.78 is 6.79. The molecule has 0 amide bonds. The number of carbonyl (C=O) groups excluding carboxylic acids is 1. The monoisotopic (exact) mass is 413 g/mol. The van der Waals surface area contributed by atoms with Crippen molar-refractivity contribution in [3.05, 3.63) is 71.4 Å². The summed E-state index contributed by atoms with van der Waals surface area (Å²) in [6.07, 6.45) is 5.48. The summed E-state index contributed by atoms with van der Waals surface area (Å²) in [7, 11) is 1.34. The molecule has 0 aliphatic carbocycles. The number of hydrogen-bond acceptors (Lipinski definition) is 6. The van der Waals surface area contributed by atoms with Gasteiger partial charge >= 0.3 is 5.97 Å². The summed E-state index contributed by atoms with van der Waals surface area (Å²) >= 11 is 0. The van der Waals surface area contributed by atoms with Gasteiger partial charge in [0.15, 0.2) is 0 Å². The number of aryl methyl sites for hydroxylation is 1. The van der Waals surface area contributed by atoms with Crippen molar-refractivity contribution in [2.45, 2.75) is 26.3 Å². The molecule has 1 aromatic carbocycles. The molecule has 31 heavy (non-hydrogen) atoms. The lowest BCUT2D eigenvalue weighted by Crippen LogP contribution is -2.25. The van der Waals surface area contributed by atoms with Gasteiger partial charge in [0.1, 0.15) is 5.69 Å². The average molecular weight is 413 g/mol. The molecule has 7 nitrogen and oxygen atoms in total. The predicted molar refractivity (Wildman–Crippen MR) is 118 cm³/mol. The number of nitrogens with zero attached hydrogens (tertiary/aromatic N) is 4. The standard InChI is InChI=1S/C24H23N5O2/c1-3-19-17-9-10-25-14-23(17)29(28-19)22-6-4-5-15-11-21(27-13-18(15)22)16-7-8-20(26-12-16)24(30)31-2/h4-8,11-13,25H,3,9-10,14H2,1-2H3. The number of esters is 1. The van der Waals surface area contributed by atoms with Gasteiger partial charge in [-0.2, -0.15) is 5.10 Å². The Kier molecular flexibility index (Phi) is 4.95. The number of benzene rings is 1. The molecule has 156 valence electrons. The van der Waals surface area contributed by atoms with E-state index in [9.17, 15) is 4.79 Å². The number of fused-ring (bicyclic) bond motifs is 2. The number of ether oxygens (including phenoxy) is 1. The van der Waals surface area contributed by atoms with Crippen molar-refractivity contribution in [2.75, 3.05) is 13.7 Å². The maximum absolute atomic E-state index is 11.6. The third-order valence-electron chi connectivity index (χ3n) is 5.78. The molecular formula is C24H23N5O2. The topological polar surface area (TPSA) is 81.9 Å². The Balaban J connectivity index is 1.58. The summed E-state index contributed by atoms with van der Waals surface area (Å²) in [6, 6.07) is 11.8. The molecule has 0 spiro atoms. The van der Waals surface area contributed by atoms with Crippen LogP contribution in [0.5, 0.6) is 0 Å². The highest BCUT2D eigenvalue weighted by atomic mass is 16.5. The highest BCUT2D eigenvalue weighted by Gasteiger charge is 2.21. The summed E-state index contributed by atoms with van der Waals surface area (Å²) in [5.74, 6) is -0.453. The van der Waals surface area contributed by atoms with Crippen LogP contribution in [0.15, 0.2) is 48.8 Å². The van der Waals surface area contributed by atoms with Gasteiger partial charge in [0.2, 0.25) is 0 Å². The van der Waals surface area contributed by atoms with Gasteiger partial charge in [-0.3, -0.25) is 4.98 Å². The van der Waals surface area contributed by atoms with E-state index in [-0.39, 0.29) is 5.69 Å². The largest absolute Gasteiger partial charge is 0.464 e. The van der Waals surface area contributed by atoms with Crippen LogP contribution < -0.4 is 5.32 Å². The third kappa shape index (κ3) is 3.37. The summed E-state index contributed by atoms with van der Waals surface area (Å²) in [5, 5.41) is 10.5. The third-order valence-corrected chi connectivity index (χ3v) is 5.78. The van der Waals surface area contributed by atoms with Gasteiger partial charge in [-0.05, 0) is 54.6 Å². The molecule has 7 heteroatoms. The summed E-state index contributed by atoms with van der Waals surface area (Å²) in [6.45, 7) is 3.98. The fourth-order valence-electron chi connectivity index (χ4n) is 4.18. The van der Waals surface area contributed by atoms with Gasteiger partial charge in [-0.1, -0.05) is 19.1 Å². The first kappa shape index (κ1) is 19.4. The van der Waals surface area contributed by atoms with Crippen molar-refractivity contribution in [2.24, 2.45) is 0 Å². The second kappa shape index (κ2) is 7.92. The normalized spacial score (nSPS) is 13.2.